The van der Waals surface area contributed by atoms with Crippen LogP contribution in [-0.2, 0) is 4.79 Å². The van der Waals surface area contributed by atoms with Gasteiger partial charge in [0.15, 0.2) is 0 Å². The Hall–Kier alpha value is -0.370. The van der Waals surface area contributed by atoms with Gasteiger partial charge in [-0.25, -0.2) is 0 Å². The molecule has 0 saturated heterocycles. The maximum atomic E-state index is 11.1. The van der Waals surface area contributed by atoms with Gasteiger partial charge in [-0.2, -0.15) is 0 Å². The molecule has 2 heteroatoms. The minimum atomic E-state index is 0.471. The second-order valence-electron chi connectivity index (χ2n) is 4.52. The van der Waals surface area contributed by atoms with Gasteiger partial charge in [0, 0.05) is 24.9 Å². The lowest BCUT2D eigenvalue weighted by Crippen LogP contribution is -2.45. The summed E-state index contributed by atoms with van der Waals surface area (Å²) >= 11 is 0. The number of hydrogen-bond donors (Lipinski definition) is 0. The Labute approximate surface area is 80.3 Å². The van der Waals surface area contributed by atoms with Crippen LogP contribution in [-0.4, -0.2) is 29.8 Å². The van der Waals surface area contributed by atoms with Gasteiger partial charge in [0.2, 0.25) is 0 Å². The third-order valence-electron chi connectivity index (χ3n) is 3.74. The fraction of sp³-hybridized carbons (Fsp3) is 0.909. The van der Waals surface area contributed by atoms with E-state index in [1.165, 1.54) is 19.3 Å². The van der Waals surface area contributed by atoms with Gasteiger partial charge in [0.1, 0.15) is 5.78 Å². The third kappa shape index (κ3) is 1.93. The summed E-state index contributed by atoms with van der Waals surface area (Å²) in [6.07, 6.45) is 8.00. The predicted molar refractivity (Wildman–Crippen MR) is 52.7 cm³/mol. The zero-order valence-electron chi connectivity index (χ0n) is 8.46. The zero-order valence-corrected chi connectivity index (χ0v) is 8.46. The maximum absolute atomic E-state index is 11.1. The van der Waals surface area contributed by atoms with Crippen molar-refractivity contribution in [2.45, 2.75) is 57.0 Å². The SMILES string of the molecule is CN(C1CCC1)C1CCC(=O)CC1. The number of ketones is 1. The van der Waals surface area contributed by atoms with E-state index in [0.29, 0.717) is 11.8 Å². The molecule has 0 atom stereocenters. The van der Waals surface area contributed by atoms with Crippen LogP contribution in [0, 0.1) is 0 Å². The average Bonchev–Trinajstić information content (AvgIpc) is 2.02. The van der Waals surface area contributed by atoms with E-state index in [1.807, 2.05) is 0 Å². The molecule has 0 spiro atoms. The minimum Gasteiger partial charge on any atom is -0.300 e. The van der Waals surface area contributed by atoms with Crippen LogP contribution in [0.4, 0.5) is 0 Å². The molecule has 0 aromatic carbocycles. The molecular formula is C11H19NO. The Morgan fingerprint density at radius 1 is 1.08 bits per heavy atom. The highest BCUT2D eigenvalue weighted by molar-refractivity contribution is 5.79. The second-order valence-corrected chi connectivity index (χ2v) is 4.52. The quantitative estimate of drug-likeness (QED) is 0.649. The molecule has 2 fully saturated rings. The van der Waals surface area contributed by atoms with Crippen LogP contribution in [0.2, 0.25) is 0 Å². The lowest BCUT2D eigenvalue weighted by Gasteiger charge is -2.41. The van der Waals surface area contributed by atoms with Crippen LogP contribution in [0.5, 0.6) is 0 Å². The van der Waals surface area contributed by atoms with Gasteiger partial charge in [-0.15, -0.1) is 0 Å². The van der Waals surface area contributed by atoms with Crippen molar-refractivity contribution in [2.24, 2.45) is 0 Å². The largest absolute Gasteiger partial charge is 0.300 e. The van der Waals surface area contributed by atoms with Crippen LogP contribution < -0.4 is 0 Å². The monoisotopic (exact) mass is 181 g/mol. The van der Waals surface area contributed by atoms with Crippen molar-refractivity contribution in [3.05, 3.63) is 0 Å². The van der Waals surface area contributed by atoms with Gasteiger partial charge < -0.3 is 4.90 Å². The van der Waals surface area contributed by atoms with Gasteiger partial charge in [0.25, 0.3) is 0 Å². The van der Waals surface area contributed by atoms with Crippen molar-refractivity contribution >= 4 is 5.78 Å². The van der Waals surface area contributed by atoms with E-state index >= 15 is 0 Å². The minimum absolute atomic E-state index is 0.471. The van der Waals surface area contributed by atoms with Crippen molar-refractivity contribution in [1.82, 2.24) is 4.90 Å². The standard InChI is InChI=1S/C11H19NO/c1-12(9-3-2-4-9)10-5-7-11(13)8-6-10/h9-10H,2-8H2,1H3. The van der Waals surface area contributed by atoms with Crippen LogP contribution in [0.1, 0.15) is 44.9 Å². The van der Waals surface area contributed by atoms with Crippen LogP contribution >= 0.6 is 0 Å². The molecule has 0 N–H and O–H groups in total. The molecule has 74 valence electrons. The molecular weight excluding hydrogens is 162 g/mol. The number of carbonyl (C=O) groups excluding carboxylic acids is 1. The van der Waals surface area contributed by atoms with Gasteiger partial charge in [-0.1, -0.05) is 6.42 Å². The Bertz CT molecular complexity index is 188. The van der Waals surface area contributed by atoms with E-state index in [4.69, 9.17) is 0 Å². The summed E-state index contributed by atoms with van der Waals surface area (Å²) in [4.78, 5) is 13.6. The molecule has 2 aliphatic carbocycles. The molecule has 2 rings (SSSR count). The molecule has 13 heavy (non-hydrogen) atoms. The fourth-order valence-corrected chi connectivity index (χ4v) is 2.42. The van der Waals surface area contributed by atoms with Crippen molar-refractivity contribution in [2.75, 3.05) is 7.05 Å². The Kier molecular flexibility index (Phi) is 2.68. The predicted octanol–water partition coefficient (Wildman–Crippen LogP) is 1.98. The summed E-state index contributed by atoms with van der Waals surface area (Å²) in [6.45, 7) is 0. The molecule has 0 heterocycles. The van der Waals surface area contributed by atoms with Crippen LogP contribution in [0.25, 0.3) is 0 Å². The summed E-state index contributed by atoms with van der Waals surface area (Å²) in [5.74, 6) is 0.471. The summed E-state index contributed by atoms with van der Waals surface area (Å²) < 4.78 is 0. The summed E-state index contributed by atoms with van der Waals surface area (Å²) in [5, 5.41) is 0. The van der Waals surface area contributed by atoms with Gasteiger partial charge >= 0.3 is 0 Å². The number of Topliss-reactive ketones (excluding diaryl/α,β-unsaturated/α-hetero) is 1. The van der Waals surface area contributed by atoms with Crippen molar-refractivity contribution in [3.63, 3.8) is 0 Å². The van der Waals surface area contributed by atoms with E-state index in [-0.39, 0.29) is 0 Å². The van der Waals surface area contributed by atoms with E-state index < -0.39 is 0 Å². The smallest absolute Gasteiger partial charge is 0.133 e. The lowest BCUT2D eigenvalue weighted by molar-refractivity contribution is -0.121. The molecule has 0 aliphatic heterocycles. The van der Waals surface area contributed by atoms with E-state index in [0.717, 1.165) is 31.7 Å². The Morgan fingerprint density at radius 3 is 2.08 bits per heavy atom. The first-order valence-electron chi connectivity index (χ1n) is 5.51. The third-order valence-corrected chi connectivity index (χ3v) is 3.74. The molecule has 0 amide bonds. The number of hydrogen-bond acceptors (Lipinski definition) is 2. The van der Waals surface area contributed by atoms with Crippen LogP contribution in [0.15, 0.2) is 0 Å². The van der Waals surface area contributed by atoms with Gasteiger partial charge in [0.05, 0.1) is 0 Å². The number of carbonyl (C=O) groups is 1. The molecule has 0 bridgehead atoms. The van der Waals surface area contributed by atoms with E-state index in [1.54, 1.807) is 0 Å². The Balaban J connectivity index is 1.82. The highest BCUT2D eigenvalue weighted by Crippen LogP contribution is 2.29. The first-order chi connectivity index (χ1) is 6.27. The lowest BCUT2D eigenvalue weighted by atomic mass is 9.87. The molecule has 0 aromatic rings. The zero-order chi connectivity index (χ0) is 9.26. The number of rotatable bonds is 2. The second kappa shape index (κ2) is 3.79. The van der Waals surface area contributed by atoms with Crippen LogP contribution in [0.3, 0.4) is 0 Å². The van der Waals surface area contributed by atoms with Crippen molar-refractivity contribution < 1.29 is 4.79 Å². The van der Waals surface area contributed by atoms with E-state index in [2.05, 4.69) is 11.9 Å². The molecule has 2 saturated carbocycles. The normalized spacial score (nSPS) is 26.5. The molecule has 2 aliphatic rings. The van der Waals surface area contributed by atoms with Crippen molar-refractivity contribution in [3.8, 4) is 0 Å². The Morgan fingerprint density at radius 2 is 1.62 bits per heavy atom. The highest BCUT2D eigenvalue weighted by Gasteiger charge is 2.29. The first-order valence-corrected chi connectivity index (χ1v) is 5.51. The fourth-order valence-electron chi connectivity index (χ4n) is 2.42. The average molecular weight is 181 g/mol. The molecule has 2 nitrogen and oxygen atoms in total. The number of nitrogens with zero attached hydrogens (tertiary/aromatic N) is 1. The maximum Gasteiger partial charge on any atom is 0.133 e. The summed E-state index contributed by atoms with van der Waals surface area (Å²) in [6, 6.07) is 1.53. The van der Waals surface area contributed by atoms with Gasteiger partial charge in [-0.3, -0.25) is 4.79 Å². The highest BCUT2D eigenvalue weighted by atomic mass is 16.1. The van der Waals surface area contributed by atoms with E-state index in [9.17, 15) is 4.79 Å². The first kappa shape index (κ1) is 9.20. The molecule has 0 radical (unpaired) electrons. The van der Waals surface area contributed by atoms with Gasteiger partial charge in [-0.05, 0) is 32.7 Å². The van der Waals surface area contributed by atoms with Crippen molar-refractivity contribution in [1.29, 1.82) is 0 Å². The summed E-state index contributed by atoms with van der Waals surface area (Å²) in [7, 11) is 2.24. The topological polar surface area (TPSA) is 20.3 Å². The summed E-state index contributed by atoms with van der Waals surface area (Å²) in [5.41, 5.74) is 0. The molecule has 0 aromatic heterocycles. The molecule has 0 unspecified atom stereocenters.